The number of amides is 2. The van der Waals surface area contributed by atoms with Gasteiger partial charge < -0.3 is 20.7 Å². The lowest BCUT2D eigenvalue weighted by atomic mass is 10.1. The van der Waals surface area contributed by atoms with E-state index in [-0.39, 0.29) is 18.4 Å². The molecule has 1 aliphatic heterocycles. The predicted octanol–water partition coefficient (Wildman–Crippen LogP) is 3.59. The molecule has 3 N–H and O–H groups in total. The third-order valence-corrected chi connectivity index (χ3v) is 4.58. The van der Waals surface area contributed by atoms with Gasteiger partial charge in [-0.1, -0.05) is 24.3 Å². The van der Waals surface area contributed by atoms with Crippen LogP contribution in [0, 0.1) is 0 Å². The zero-order chi connectivity index (χ0) is 19.3. The number of hydrogen-bond acceptors (Lipinski definition) is 4. The van der Waals surface area contributed by atoms with E-state index in [0.29, 0.717) is 22.7 Å². The molecule has 0 radical (unpaired) electrons. The molecular formula is C22H21N3O3. The van der Waals surface area contributed by atoms with Crippen molar-refractivity contribution >= 4 is 23.2 Å². The minimum absolute atomic E-state index is 0.00663. The standard InChI is InChI=1S/C22H21N3O3/c26-21-14-28-20-11-8-16(12-19(20)25-21)22(27)24-18-9-6-15(7-10-18)13-23-17-4-2-1-3-5-17/h2,4-12,23H,1,3,13-14H2,(H,24,27)(H,25,26). The normalized spacial score (nSPS) is 15.0. The fraction of sp³-hybridized carbons (Fsp3) is 0.182. The van der Waals surface area contributed by atoms with Crippen LogP contribution >= 0.6 is 0 Å². The molecule has 2 aromatic rings. The fourth-order valence-electron chi connectivity index (χ4n) is 3.08. The van der Waals surface area contributed by atoms with E-state index in [4.69, 9.17) is 4.74 Å². The van der Waals surface area contributed by atoms with Gasteiger partial charge >= 0.3 is 0 Å². The van der Waals surface area contributed by atoms with Crippen LogP contribution < -0.4 is 20.7 Å². The van der Waals surface area contributed by atoms with Crippen molar-refractivity contribution in [2.24, 2.45) is 0 Å². The highest BCUT2D eigenvalue weighted by molar-refractivity contribution is 6.06. The van der Waals surface area contributed by atoms with Gasteiger partial charge in [-0.05, 0) is 54.8 Å². The zero-order valence-corrected chi connectivity index (χ0v) is 15.3. The Bertz CT molecular complexity index is 961. The first kappa shape index (κ1) is 17.9. The van der Waals surface area contributed by atoms with Gasteiger partial charge in [-0.15, -0.1) is 0 Å². The summed E-state index contributed by atoms with van der Waals surface area (Å²) in [6, 6.07) is 12.7. The first-order valence-electron chi connectivity index (χ1n) is 9.25. The number of anilines is 2. The predicted molar refractivity (Wildman–Crippen MR) is 108 cm³/mol. The molecule has 4 rings (SSSR count). The van der Waals surface area contributed by atoms with Crippen LogP contribution in [-0.2, 0) is 11.3 Å². The van der Waals surface area contributed by atoms with Crippen LogP contribution in [-0.4, -0.2) is 18.4 Å². The Kier molecular flexibility index (Phi) is 5.10. The maximum Gasteiger partial charge on any atom is 0.262 e. The lowest BCUT2D eigenvalue weighted by molar-refractivity contribution is -0.118. The molecule has 1 heterocycles. The maximum absolute atomic E-state index is 12.5. The van der Waals surface area contributed by atoms with Crippen molar-refractivity contribution in [2.75, 3.05) is 17.2 Å². The average Bonchev–Trinajstić information content (AvgIpc) is 2.73. The lowest BCUT2D eigenvalue weighted by Gasteiger charge is -2.18. The van der Waals surface area contributed by atoms with Crippen LogP contribution in [0.3, 0.4) is 0 Å². The van der Waals surface area contributed by atoms with E-state index in [9.17, 15) is 9.59 Å². The number of allylic oxidation sites excluding steroid dienone is 3. The SMILES string of the molecule is O=C1COc2ccc(C(=O)Nc3ccc(CNC4=CCCC=C4)cc3)cc2N1. The Hall–Kier alpha value is -3.54. The second-order valence-corrected chi connectivity index (χ2v) is 6.69. The van der Waals surface area contributed by atoms with Gasteiger partial charge in [0, 0.05) is 23.5 Å². The number of rotatable bonds is 5. The molecule has 0 unspecified atom stereocenters. The summed E-state index contributed by atoms with van der Waals surface area (Å²) in [7, 11) is 0. The summed E-state index contributed by atoms with van der Waals surface area (Å²) >= 11 is 0. The van der Waals surface area contributed by atoms with Gasteiger partial charge in [0.05, 0.1) is 5.69 Å². The Morgan fingerprint density at radius 3 is 2.75 bits per heavy atom. The molecule has 0 spiro atoms. The fourth-order valence-corrected chi connectivity index (χ4v) is 3.08. The number of carbonyl (C=O) groups excluding carboxylic acids is 2. The van der Waals surface area contributed by atoms with Gasteiger partial charge in [0.25, 0.3) is 11.8 Å². The highest BCUT2D eigenvalue weighted by Crippen LogP contribution is 2.28. The van der Waals surface area contributed by atoms with Crippen LogP contribution in [0.4, 0.5) is 11.4 Å². The van der Waals surface area contributed by atoms with E-state index in [1.807, 2.05) is 24.3 Å². The van der Waals surface area contributed by atoms with Gasteiger partial charge in [0.2, 0.25) is 0 Å². The lowest BCUT2D eigenvalue weighted by Crippen LogP contribution is -2.25. The smallest absolute Gasteiger partial charge is 0.262 e. The van der Waals surface area contributed by atoms with E-state index in [1.54, 1.807) is 18.2 Å². The van der Waals surface area contributed by atoms with Crippen LogP contribution in [0.25, 0.3) is 0 Å². The molecule has 1 aliphatic carbocycles. The summed E-state index contributed by atoms with van der Waals surface area (Å²) in [4.78, 5) is 23.9. The first-order valence-corrected chi connectivity index (χ1v) is 9.25. The quantitative estimate of drug-likeness (QED) is 0.746. The molecule has 2 aliphatic rings. The van der Waals surface area contributed by atoms with E-state index in [2.05, 4.69) is 34.2 Å². The van der Waals surface area contributed by atoms with E-state index >= 15 is 0 Å². The molecule has 6 nitrogen and oxygen atoms in total. The largest absolute Gasteiger partial charge is 0.482 e. The molecular weight excluding hydrogens is 354 g/mol. The number of hydrogen-bond donors (Lipinski definition) is 3. The molecule has 142 valence electrons. The monoisotopic (exact) mass is 375 g/mol. The Labute approximate surface area is 163 Å². The number of ether oxygens (including phenoxy) is 1. The van der Waals surface area contributed by atoms with Crippen molar-refractivity contribution in [1.29, 1.82) is 0 Å². The van der Waals surface area contributed by atoms with E-state index in [0.717, 1.165) is 30.6 Å². The second-order valence-electron chi connectivity index (χ2n) is 6.69. The summed E-state index contributed by atoms with van der Waals surface area (Å²) in [6.45, 7) is 0.724. The molecule has 2 amide bonds. The molecule has 0 fully saturated rings. The van der Waals surface area contributed by atoms with Gasteiger partial charge in [0.1, 0.15) is 5.75 Å². The number of fused-ring (bicyclic) bond motifs is 1. The molecule has 0 saturated heterocycles. The van der Waals surface area contributed by atoms with Crippen molar-refractivity contribution in [3.05, 3.63) is 77.5 Å². The third-order valence-electron chi connectivity index (χ3n) is 4.58. The van der Waals surface area contributed by atoms with Gasteiger partial charge in [0.15, 0.2) is 6.61 Å². The van der Waals surface area contributed by atoms with Crippen molar-refractivity contribution in [3.8, 4) is 5.75 Å². The van der Waals surface area contributed by atoms with Gasteiger partial charge in [-0.25, -0.2) is 0 Å². The summed E-state index contributed by atoms with van der Waals surface area (Å²) in [5, 5.41) is 8.98. The summed E-state index contributed by atoms with van der Waals surface area (Å²) in [5.74, 6) is 0.0932. The number of carbonyl (C=O) groups is 2. The molecule has 0 saturated carbocycles. The van der Waals surface area contributed by atoms with Crippen LogP contribution in [0.5, 0.6) is 5.75 Å². The van der Waals surface area contributed by atoms with Gasteiger partial charge in [-0.3, -0.25) is 9.59 Å². The third kappa shape index (κ3) is 4.23. The van der Waals surface area contributed by atoms with Crippen molar-refractivity contribution in [1.82, 2.24) is 5.32 Å². The molecule has 2 aromatic carbocycles. The topological polar surface area (TPSA) is 79.5 Å². The van der Waals surface area contributed by atoms with Crippen molar-refractivity contribution in [3.63, 3.8) is 0 Å². The molecule has 0 bridgehead atoms. The summed E-state index contributed by atoms with van der Waals surface area (Å²) < 4.78 is 5.31. The number of nitrogens with one attached hydrogen (secondary N) is 3. The van der Waals surface area contributed by atoms with Crippen molar-refractivity contribution in [2.45, 2.75) is 19.4 Å². The minimum Gasteiger partial charge on any atom is -0.482 e. The second kappa shape index (κ2) is 8.00. The van der Waals surface area contributed by atoms with Gasteiger partial charge in [-0.2, -0.15) is 0 Å². The molecule has 0 aromatic heterocycles. The maximum atomic E-state index is 12.5. The molecule has 0 atom stereocenters. The zero-order valence-electron chi connectivity index (χ0n) is 15.3. The van der Waals surface area contributed by atoms with Crippen molar-refractivity contribution < 1.29 is 14.3 Å². The highest BCUT2D eigenvalue weighted by atomic mass is 16.5. The Balaban J connectivity index is 1.37. The van der Waals surface area contributed by atoms with Crippen LogP contribution in [0.1, 0.15) is 28.8 Å². The Morgan fingerprint density at radius 2 is 1.96 bits per heavy atom. The Morgan fingerprint density at radius 1 is 1.11 bits per heavy atom. The minimum atomic E-state index is -0.244. The molecule has 28 heavy (non-hydrogen) atoms. The summed E-state index contributed by atoms with van der Waals surface area (Å²) in [5.41, 5.74) is 3.95. The van der Waals surface area contributed by atoms with E-state index < -0.39 is 0 Å². The average molecular weight is 375 g/mol. The highest BCUT2D eigenvalue weighted by Gasteiger charge is 2.17. The molecule has 6 heteroatoms. The number of benzene rings is 2. The van der Waals surface area contributed by atoms with Crippen LogP contribution in [0.15, 0.2) is 66.4 Å². The van der Waals surface area contributed by atoms with Crippen LogP contribution in [0.2, 0.25) is 0 Å². The summed E-state index contributed by atoms with van der Waals surface area (Å²) in [6.07, 6.45) is 8.63. The van der Waals surface area contributed by atoms with E-state index in [1.165, 1.54) is 0 Å². The first-order chi connectivity index (χ1) is 13.7.